The van der Waals surface area contributed by atoms with Gasteiger partial charge in [-0.25, -0.2) is 0 Å². The molecule has 0 radical (unpaired) electrons. The van der Waals surface area contributed by atoms with Crippen molar-refractivity contribution in [1.29, 1.82) is 0 Å². The molecule has 0 unspecified atom stereocenters. The van der Waals surface area contributed by atoms with Gasteiger partial charge in [-0.05, 0) is 0 Å². The maximum absolute atomic E-state index is 3.22. The minimum Gasteiger partial charge on any atom is -1.00 e. The molecule has 0 aliphatic carbocycles. The smallest absolute Gasteiger partial charge is 1.00 e. The predicted octanol–water partition coefficient (Wildman–Crippen LogP) is -3.31. The van der Waals surface area contributed by atoms with Crippen molar-refractivity contribution in [2.45, 2.75) is 0 Å². The monoisotopic (exact) mass is 302 g/mol. The molecule has 0 aromatic carbocycles. The van der Waals surface area contributed by atoms with Crippen LogP contribution >= 0.6 is 23.3 Å². The second-order valence-corrected chi connectivity index (χ2v) is 0. The first-order chi connectivity index (χ1) is 1.00. The fourth-order valence-electron chi connectivity index (χ4n) is 0. The molecule has 0 atom stereocenters. The number of thiol groups is 2. The van der Waals surface area contributed by atoms with E-state index in [0.29, 0.717) is 0 Å². The third-order valence-corrected chi connectivity index (χ3v) is 0. The van der Waals surface area contributed by atoms with Crippen LogP contribution in [0.25, 0.3) is 0 Å². The van der Waals surface area contributed by atoms with Gasteiger partial charge in [0.25, 0.3) is 0 Å². The maximum atomic E-state index is 3.22. The van der Waals surface area contributed by atoms with E-state index in [1.54, 1.807) is 0 Å². The van der Waals surface area contributed by atoms with Crippen LogP contribution in [0.5, 0.6) is 0 Å². The van der Waals surface area contributed by atoms with Crippen molar-refractivity contribution < 1.29 is 31.0 Å². The van der Waals surface area contributed by atoms with Crippen LogP contribution in [0.4, 0.5) is 0 Å². The van der Waals surface area contributed by atoms with Crippen molar-refractivity contribution in [2.75, 3.05) is 0 Å². The molecule has 0 spiro atoms. The largest absolute Gasteiger partial charge is 1.00 e. The fourth-order valence-corrected chi connectivity index (χ4v) is 0. The van der Waals surface area contributed by atoms with Crippen LogP contribution in [0, 0.1) is 0 Å². The number of hydrogen-bond donors (Lipinski definition) is 2. The number of hydrogen-bond acceptors (Lipinski definition) is 2. The summed E-state index contributed by atoms with van der Waals surface area (Å²) in [5, 5.41) is 0. The van der Waals surface area contributed by atoms with Gasteiger partial charge in [-0.2, -0.15) is 0 Å². The van der Waals surface area contributed by atoms with E-state index in [4.69, 9.17) is 0 Å². The first kappa shape index (κ1) is 16.0. The Morgan fingerprint density at radius 3 is 1.25 bits per heavy atom. The van der Waals surface area contributed by atoms with E-state index >= 15 is 0 Å². The average Bonchev–Trinajstić information content (AvgIpc) is 1.00. The summed E-state index contributed by atoms with van der Waals surface area (Å²) in [7, 11) is 0. The Morgan fingerprint density at radius 2 is 1.25 bits per heavy atom. The summed E-state index contributed by atoms with van der Waals surface area (Å²) >= 11 is 6.44. The maximum Gasteiger partial charge on any atom is 1.00 e. The van der Waals surface area contributed by atoms with Crippen molar-refractivity contribution >= 4 is 49.5 Å². The summed E-state index contributed by atoms with van der Waals surface area (Å²) in [6.07, 6.45) is 0. The van der Waals surface area contributed by atoms with Crippen LogP contribution in [-0.4, -0.2) is 26.2 Å². The zero-order valence-corrected chi connectivity index (χ0v) is 11.9. The molecule has 4 heteroatoms. The molecule has 0 bridgehead atoms. The molecule has 0 saturated heterocycles. The van der Waals surface area contributed by atoms with Gasteiger partial charge in [0, 0.05) is 0 Å². The van der Waals surface area contributed by atoms with Crippen LogP contribution in [0.15, 0.2) is 0 Å². The van der Waals surface area contributed by atoms with Gasteiger partial charge < -0.3 is 1.43 Å². The van der Waals surface area contributed by atoms with Gasteiger partial charge in [-0.3, -0.25) is 0 Å². The summed E-state index contributed by atoms with van der Waals surface area (Å²) in [5.74, 6) is 0. The third kappa shape index (κ3) is 8.82. The fraction of sp³-hybridized carbons (Fsp3) is 0. The minimum absolute atomic E-state index is 0. The zero-order valence-electron chi connectivity index (χ0n) is 3.60. The summed E-state index contributed by atoms with van der Waals surface area (Å²) < 4.78 is 0. The Bertz CT molecular complexity index is 9.61. The predicted molar refractivity (Wildman–Crippen MR) is 29.0 cm³/mol. The van der Waals surface area contributed by atoms with E-state index in [9.17, 15) is 0 Å². The van der Waals surface area contributed by atoms with Crippen molar-refractivity contribution in [1.82, 2.24) is 0 Å². The molecular weight excluding hydrogens is 296 g/mol. The molecule has 24 valence electrons. The van der Waals surface area contributed by atoms with Crippen LogP contribution in [-0.2, 0) is 0 Å². The van der Waals surface area contributed by atoms with Gasteiger partial charge in [-0.1, -0.05) is 0 Å². The van der Waals surface area contributed by atoms with Crippen LogP contribution in [0.3, 0.4) is 0 Å². The second-order valence-electron chi connectivity index (χ2n) is 0. The molecule has 0 heterocycles. The number of rotatable bonds is 0. The molecular formula is H6BiNaS2. The first-order valence-electron chi connectivity index (χ1n) is 0.200. The van der Waals surface area contributed by atoms with Gasteiger partial charge in [0.15, 0.2) is 0 Å². The molecule has 0 aliphatic heterocycles. The SMILES string of the molecule is SS.[BiH3].[H-].[Na+]. The summed E-state index contributed by atoms with van der Waals surface area (Å²) in [4.78, 5) is 0. The molecule has 4 heavy (non-hydrogen) atoms. The molecule has 0 amide bonds. The van der Waals surface area contributed by atoms with Crippen LogP contribution in [0.2, 0.25) is 0 Å². The molecule has 0 fully saturated rings. The van der Waals surface area contributed by atoms with Crippen molar-refractivity contribution in [3.8, 4) is 0 Å². The third-order valence-electron chi connectivity index (χ3n) is 0. The first-order valence-corrected chi connectivity index (χ1v) is 1.80. The Hall–Kier alpha value is 2.58. The van der Waals surface area contributed by atoms with Gasteiger partial charge in [0.1, 0.15) is 0 Å². The topological polar surface area (TPSA) is 0 Å². The normalized spacial score (nSPS) is 1.50. The van der Waals surface area contributed by atoms with Gasteiger partial charge in [-0.15, -0.1) is 23.3 Å². The Balaban J connectivity index is -0.00000000167. The Morgan fingerprint density at radius 1 is 1.25 bits per heavy atom. The Kier molecular flexibility index (Phi) is 70.2. The van der Waals surface area contributed by atoms with Crippen LogP contribution in [0.1, 0.15) is 1.43 Å². The van der Waals surface area contributed by atoms with Gasteiger partial charge >= 0.3 is 55.8 Å². The van der Waals surface area contributed by atoms with E-state index in [-0.39, 0.29) is 57.2 Å². The van der Waals surface area contributed by atoms with Gasteiger partial charge in [0.2, 0.25) is 0 Å². The minimum atomic E-state index is 0. The molecule has 0 aromatic heterocycles. The van der Waals surface area contributed by atoms with E-state index < -0.39 is 0 Å². The van der Waals surface area contributed by atoms with Crippen molar-refractivity contribution in [2.24, 2.45) is 0 Å². The van der Waals surface area contributed by atoms with Gasteiger partial charge in [0.05, 0.1) is 0 Å². The Labute approximate surface area is 79.2 Å². The van der Waals surface area contributed by atoms with Crippen molar-refractivity contribution in [3.05, 3.63) is 0 Å². The molecule has 0 aliphatic rings. The summed E-state index contributed by atoms with van der Waals surface area (Å²) in [6.45, 7) is 0. The average molecular weight is 302 g/mol. The second kappa shape index (κ2) is 17.6. The zero-order chi connectivity index (χ0) is 2.00. The van der Waals surface area contributed by atoms with E-state index in [0.717, 1.165) is 0 Å². The van der Waals surface area contributed by atoms with Crippen LogP contribution < -0.4 is 29.6 Å². The van der Waals surface area contributed by atoms with E-state index in [2.05, 4.69) is 23.3 Å². The van der Waals surface area contributed by atoms with E-state index in [1.165, 1.54) is 0 Å². The molecule has 0 N–H and O–H groups in total. The molecule has 0 saturated carbocycles. The molecule has 0 aromatic rings. The van der Waals surface area contributed by atoms with E-state index in [1.807, 2.05) is 0 Å². The summed E-state index contributed by atoms with van der Waals surface area (Å²) in [6, 6.07) is 0. The summed E-state index contributed by atoms with van der Waals surface area (Å²) in [5.41, 5.74) is 0. The van der Waals surface area contributed by atoms with Crippen molar-refractivity contribution in [3.63, 3.8) is 0 Å². The standard InChI is InChI=1S/Bi.Na.H2S2.4H/c;;1-2;;;;/h;;1-2H;;;;/q;+1;;;;;-1. The molecule has 0 rings (SSSR count). The quantitative estimate of drug-likeness (QED) is 0.261. The molecule has 0 nitrogen and oxygen atoms in total.